The summed E-state index contributed by atoms with van der Waals surface area (Å²) >= 11 is 0. The maximum absolute atomic E-state index is 11.7. The lowest BCUT2D eigenvalue weighted by Gasteiger charge is -2.07. The van der Waals surface area contributed by atoms with Crippen LogP contribution in [0.3, 0.4) is 0 Å². The molecule has 0 unspecified atom stereocenters. The molecule has 1 rings (SSSR count). The van der Waals surface area contributed by atoms with E-state index in [1.165, 1.54) is 12.1 Å². The van der Waals surface area contributed by atoms with Gasteiger partial charge in [0, 0.05) is 6.20 Å². The van der Waals surface area contributed by atoms with E-state index in [2.05, 4.69) is 15.0 Å². The number of hydrogen-bond acceptors (Lipinski definition) is 4. The van der Waals surface area contributed by atoms with Crippen LogP contribution >= 0.6 is 0 Å². The Balaban J connectivity index is 2.42. The van der Waals surface area contributed by atoms with E-state index in [0.717, 1.165) is 6.20 Å². The lowest BCUT2D eigenvalue weighted by molar-refractivity contribution is -0.174. The number of aromatic carboxylic acids is 1. The van der Waals surface area contributed by atoms with E-state index in [1.807, 2.05) is 0 Å². The number of nitrogens with one attached hydrogen (secondary N) is 1. The van der Waals surface area contributed by atoms with Gasteiger partial charge in [0.2, 0.25) is 0 Å². The van der Waals surface area contributed by atoms with Crippen molar-refractivity contribution < 1.29 is 32.6 Å². The minimum absolute atomic E-state index is 0.0191. The number of carboxylic acids is 1. The van der Waals surface area contributed by atoms with Crippen LogP contribution in [0.2, 0.25) is 0 Å². The summed E-state index contributed by atoms with van der Waals surface area (Å²) in [7, 11) is 0. The number of halogens is 3. The molecular formula is C10H9F3N2O4. The van der Waals surface area contributed by atoms with Gasteiger partial charge in [0.25, 0.3) is 5.91 Å². The van der Waals surface area contributed by atoms with E-state index in [4.69, 9.17) is 5.11 Å². The Labute approximate surface area is 105 Å². The van der Waals surface area contributed by atoms with E-state index in [9.17, 15) is 22.8 Å². The summed E-state index contributed by atoms with van der Waals surface area (Å²) < 4.78 is 39.3. The van der Waals surface area contributed by atoms with Gasteiger partial charge < -0.3 is 15.2 Å². The quantitative estimate of drug-likeness (QED) is 0.847. The molecule has 0 saturated carbocycles. The predicted molar refractivity (Wildman–Crippen MR) is 56.7 cm³/mol. The largest absolute Gasteiger partial charge is 0.478 e. The minimum atomic E-state index is -4.50. The lowest BCUT2D eigenvalue weighted by atomic mass is 10.3. The highest BCUT2D eigenvalue weighted by atomic mass is 19.4. The third kappa shape index (κ3) is 5.82. The normalized spacial score (nSPS) is 11.1. The summed E-state index contributed by atoms with van der Waals surface area (Å²) in [6, 6.07) is 2.41. The molecule has 0 aliphatic rings. The maximum atomic E-state index is 11.7. The van der Waals surface area contributed by atoms with Crippen LogP contribution in [0.15, 0.2) is 18.3 Å². The molecule has 0 aliphatic carbocycles. The molecule has 0 bridgehead atoms. The molecule has 0 atom stereocenters. The Hall–Kier alpha value is -2.16. The number of anilines is 1. The summed E-state index contributed by atoms with van der Waals surface area (Å²) in [5.74, 6) is -1.98. The molecule has 1 aromatic heterocycles. The van der Waals surface area contributed by atoms with Gasteiger partial charge in [-0.2, -0.15) is 13.2 Å². The van der Waals surface area contributed by atoms with Gasteiger partial charge in [-0.1, -0.05) is 0 Å². The van der Waals surface area contributed by atoms with Gasteiger partial charge in [0.1, 0.15) is 19.0 Å². The fourth-order valence-electron chi connectivity index (χ4n) is 1.03. The van der Waals surface area contributed by atoms with Crippen molar-refractivity contribution in [1.82, 2.24) is 4.98 Å². The number of carboxylic acid groups (broad SMARTS) is 1. The summed E-state index contributed by atoms with van der Waals surface area (Å²) in [6.45, 7) is -2.30. The number of nitrogens with zero attached hydrogens (tertiary/aromatic N) is 1. The Morgan fingerprint density at radius 2 is 2.05 bits per heavy atom. The van der Waals surface area contributed by atoms with Crippen molar-refractivity contribution in [2.45, 2.75) is 6.18 Å². The standard InChI is InChI=1S/C10H9F3N2O4/c11-10(12,13)5-19-4-8(16)15-7-2-1-6(3-14-7)9(17)18/h1-3H,4-5H2,(H,17,18)(H,14,15,16). The van der Waals surface area contributed by atoms with Crippen molar-refractivity contribution in [2.24, 2.45) is 0 Å². The fourth-order valence-corrected chi connectivity index (χ4v) is 1.03. The number of ether oxygens (including phenoxy) is 1. The van der Waals surface area contributed by atoms with Crippen molar-refractivity contribution in [3.63, 3.8) is 0 Å². The van der Waals surface area contributed by atoms with Gasteiger partial charge in [-0.05, 0) is 12.1 Å². The van der Waals surface area contributed by atoms with Crippen molar-refractivity contribution in [2.75, 3.05) is 18.5 Å². The molecule has 104 valence electrons. The van der Waals surface area contributed by atoms with E-state index in [0.29, 0.717) is 0 Å². The summed E-state index contributed by atoms with van der Waals surface area (Å²) in [6.07, 6.45) is -3.49. The van der Waals surface area contributed by atoms with Gasteiger partial charge in [0.15, 0.2) is 0 Å². The SMILES string of the molecule is O=C(COCC(F)(F)F)Nc1ccc(C(=O)O)cn1. The Bertz CT molecular complexity index is 459. The molecule has 2 N–H and O–H groups in total. The van der Waals surface area contributed by atoms with Crippen molar-refractivity contribution >= 4 is 17.7 Å². The van der Waals surface area contributed by atoms with E-state index in [1.54, 1.807) is 0 Å². The number of aromatic nitrogens is 1. The number of amides is 1. The zero-order chi connectivity index (χ0) is 14.5. The first kappa shape index (κ1) is 14.9. The number of carbonyl (C=O) groups is 2. The highest BCUT2D eigenvalue weighted by Crippen LogP contribution is 2.14. The molecule has 1 heterocycles. The topological polar surface area (TPSA) is 88.5 Å². The van der Waals surface area contributed by atoms with Crippen LogP contribution in [0.1, 0.15) is 10.4 Å². The molecule has 1 amide bonds. The van der Waals surface area contributed by atoms with Gasteiger partial charge in [-0.15, -0.1) is 0 Å². The Kier molecular flexibility index (Phi) is 4.81. The fraction of sp³-hybridized carbons (Fsp3) is 0.300. The number of alkyl halides is 3. The molecule has 0 spiro atoms. The lowest BCUT2D eigenvalue weighted by Crippen LogP contribution is -2.24. The number of rotatable bonds is 5. The highest BCUT2D eigenvalue weighted by molar-refractivity contribution is 5.91. The molecule has 0 saturated heterocycles. The van der Waals surface area contributed by atoms with Crippen LogP contribution in [0.25, 0.3) is 0 Å². The minimum Gasteiger partial charge on any atom is -0.478 e. The van der Waals surface area contributed by atoms with Crippen molar-refractivity contribution in [3.8, 4) is 0 Å². The number of carbonyl (C=O) groups excluding carboxylic acids is 1. The van der Waals surface area contributed by atoms with Crippen LogP contribution < -0.4 is 5.32 Å². The van der Waals surface area contributed by atoms with Crippen LogP contribution in [0, 0.1) is 0 Å². The van der Waals surface area contributed by atoms with Gasteiger partial charge in [0.05, 0.1) is 5.56 Å². The summed E-state index contributed by atoms with van der Waals surface area (Å²) in [5, 5.41) is 10.8. The first-order chi connectivity index (χ1) is 8.78. The van der Waals surface area contributed by atoms with Crippen LogP contribution in [0.5, 0.6) is 0 Å². The molecule has 0 fully saturated rings. The molecule has 19 heavy (non-hydrogen) atoms. The first-order valence-corrected chi connectivity index (χ1v) is 4.91. The average Bonchev–Trinajstić information content (AvgIpc) is 2.27. The van der Waals surface area contributed by atoms with Crippen LogP contribution in [0.4, 0.5) is 19.0 Å². The second-order valence-corrected chi connectivity index (χ2v) is 3.39. The number of hydrogen-bond donors (Lipinski definition) is 2. The molecule has 6 nitrogen and oxygen atoms in total. The smallest absolute Gasteiger partial charge is 0.411 e. The third-order valence-electron chi connectivity index (χ3n) is 1.78. The first-order valence-electron chi connectivity index (χ1n) is 4.91. The highest BCUT2D eigenvalue weighted by Gasteiger charge is 2.27. The second kappa shape index (κ2) is 6.14. The van der Waals surface area contributed by atoms with E-state index >= 15 is 0 Å². The Morgan fingerprint density at radius 3 is 2.53 bits per heavy atom. The molecular weight excluding hydrogens is 269 g/mol. The molecule has 1 aromatic rings. The van der Waals surface area contributed by atoms with Crippen LogP contribution in [-0.2, 0) is 9.53 Å². The molecule has 9 heteroatoms. The molecule has 0 aromatic carbocycles. The average molecular weight is 278 g/mol. The maximum Gasteiger partial charge on any atom is 0.411 e. The van der Waals surface area contributed by atoms with Crippen molar-refractivity contribution in [1.29, 1.82) is 0 Å². The van der Waals surface area contributed by atoms with Crippen molar-refractivity contribution in [3.05, 3.63) is 23.9 Å². The number of pyridine rings is 1. The summed E-state index contributed by atoms with van der Waals surface area (Å²) in [5.41, 5.74) is -0.0775. The van der Waals surface area contributed by atoms with Crippen LogP contribution in [-0.4, -0.2) is 41.4 Å². The second-order valence-electron chi connectivity index (χ2n) is 3.39. The van der Waals surface area contributed by atoms with Gasteiger partial charge in [-0.25, -0.2) is 9.78 Å². The zero-order valence-corrected chi connectivity index (χ0v) is 9.40. The Morgan fingerprint density at radius 1 is 1.37 bits per heavy atom. The van der Waals surface area contributed by atoms with Gasteiger partial charge >= 0.3 is 12.1 Å². The zero-order valence-electron chi connectivity index (χ0n) is 9.40. The molecule has 0 radical (unpaired) electrons. The van der Waals surface area contributed by atoms with Gasteiger partial charge in [-0.3, -0.25) is 4.79 Å². The third-order valence-corrected chi connectivity index (χ3v) is 1.78. The monoisotopic (exact) mass is 278 g/mol. The predicted octanol–water partition coefficient (Wildman–Crippen LogP) is 1.30. The van der Waals surface area contributed by atoms with E-state index in [-0.39, 0.29) is 11.4 Å². The van der Waals surface area contributed by atoms with E-state index < -0.39 is 31.3 Å². The molecule has 0 aliphatic heterocycles. The summed E-state index contributed by atoms with van der Waals surface area (Å²) in [4.78, 5) is 25.3.